The lowest BCUT2D eigenvalue weighted by molar-refractivity contribution is -0.142. The third-order valence-corrected chi connectivity index (χ3v) is 8.75. The Labute approximate surface area is 222 Å². The van der Waals surface area contributed by atoms with E-state index in [4.69, 9.17) is 23.2 Å². The van der Waals surface area contributed by atoms with Gasteiger partial charge in [-0.2, -0.15) is 0 Å². The minimum absolute atomic E-state index is 0.211. The quantitative estimate of drug-likeness (QED) is 0.388. The fraction of sp³-hybridized carbons (Fsp3) is 0.214. The van der Waals surface area contributed by atoms with Gasteiger partial charge in [0.1, 0.15) is 16.3 Å². The molecule has 0 unspecified atom stereocenters. The molecule has 186 valence electrons. The molecule has 2 atom stereocenters. The van der Waals surface area contributed by atoms with E-state index in [-0.39, 0.29) is 5.91 Å². The van der Waals surface area contributed by atoms with Crippen LogP contribution in [0.25, 0.3) is 0 Å². The summed E-state index contributed by atoms with van der Waals surface area (Å²) in [6.07, 6.45) is 0. The molecule has 0 aromatic heterocycles. The lowest BCUT2D eigenvalue weighted by Crippen LogP contribution is -2.57. The zero-order chi connectivity index (χ0) is 26.1. The summed E-state index contributed by atoms with van der Waals surface area (Å²) in [4.78, 5) is 50.1. The number of likely N-dealkylation sites (tertiary alicyclic amines) is 1. The van der Waals surface area contributed by atoms with E-state index in [1.165, 1.54) is 6.92 Å². The van der Waals surface area contributed by atoms with Crippen molar-refractivity contribution in [1.29, 1.82) is 0 Å². The molecule has 3 aliphatic carbocycles. The van der Waals surface area contributed by atoms with Crippen LogP contribution in [0.4, 0.5) is 11.4 Å². The van der Waals surface area contributed by atoms with E-state index in [2.05, 4.69) is 10.6 Å². The zero-order valence-electron chi connectivity index (χ0n) is 19.6. The molecule has 37 heavy (non-hydrogen) atoms. The molecule has 3 aromatic carbocycles. The molecular weight excluding hydrogens is 513 g/mol. The highest BCUT2D eigenvalue weighted by Crippen LogP contribution is 2.69. The van der Waals surface area contributed by atoms with Crippen LogP contribution in [0.5, 0.6) is 0 Å². The maximum Gasteiger partial charge on any atom is 0.244 e. The molecule has 7 rings (SSSR count). The van der Waals surface area contributed by atoms with Crippen molar-refractivity contribution in [2.75, 3.05) is 17.2 Å². The van der Waals surface area contributed by atoms with E-state index in [1.807, 2.05) is 48.5 Å². The number of carbonyl (C=O) groups excluding carboxylic acids is 4. The number of nitrogens with one attached hydrogen (secondary N) is 2. The molecule has 4 amide bonds. The highest BCUT2D eigenvalue weighted by Gasteiger charge is 2.73. The molecule has 4 aliphatic rings. The maximum atomic E-state index is 13.8. The average Bonchev–Trinajstić information content (AvgIpc) is 3.14. The molecule has 3 aromatic rings. The number of amides is 4. The first kappa shape index (κ1) is 23.7. The summed E-state index contributed by atoms with van der Waals surface area (Å²) in [5.41, 5.74) is 3.86. The van der Waals surface area contributed by atoms with E-state index in [0.29, 0.717) is 33.6 Å². The minimum Gasteiger partial charge on any atom is -0.326 e. The Kier molecular flexibility index (Phi) is 5.23. The molecule has 1 fully saturated rings. The third kappa shape index (κ3) is 3.20. The molecule has 1 aliphatic heterocycles. The number of benzene rings is 3. The Balaban J connectivity index is 1.33. The summed E-state index contributed by atoms with van der Waals surface area (Å²) in [5, 5.41) is 5.35. The van der Waals surface area contributed by atoms with Crippen molar-refractivity contribution in [3.05, 3.63) is 95.1 Å². The van der Waals surface area contributed by atoms with Gasteiger partial charge in [-0.15, -0.1) is 23.2 Å². The van der Waals surface area contributed by atoms with E-state index >= 15 is 0 Å². The molecule has 0 spiro atoms. The smallest absolute Gasteiger partial charge is 0.244 e. The zero-order valence-corrected chi connectivity index (χ0v) is 21.1. The lowest BCUT2D eigenvalue weighted by Gasteiger charge is -2.54. The van der Waals surface area contributed by atoms with Crippen LogP contribution in [-0.2, 0) is 28.9 Å². The second-order valence-corrected chi connectivity index (χ2v) is 10.7. The summed E-state index contributed by atoms with van der Waals surface area (Å²) in [6.45, 7) is 0.932. The number of halogens is 2. The van der Waals surface area contributed by atoms with Crippen LogP contribution >= 0.6 is 23.2 Å². The van der Waals surface area contributed by atoms with Crippen molar-refractivity contribution in [3.8, 4) is 0 Å². The number of carbonyl (C=O) groups is 4. The van der Waals surface area contributed by atoms with Crippen LogP contribution in [0.3, 0.4) is 0 Å². The van der Waals surface area contributed by atoms with E-state index in [9.17, 15) is 19.2 Å². The van der Waals surface area contributed by atoms with Gasteiger partial charge in [-0.3, -0.25) is 24.1 Å². The van der Waals surface area contributed by atoms with Crippen LogP contribution in [0.1, 0.15) is 29.2 Å². The Morgan fingerprint density at radius 1 is 0.730 bits per heavy atom. The molecule has 2 N–H and O–H groups in total. The van der Waals surface area contributed by atoms with E-state index < -0.39 is 45.9 Å². The van der Waals surface area contributed by atoms with Crippen molar-refractivity contribution in [2.24, 2.45) is 11.8 Å². The maximum absolute atomic E-state index is 13.8. The van der Waals surface area contributed by atoms with Crippen molar-refractivity contribution in [2.45, 2.75) is 16.7 Å². The molecule has 7 nitrogen and oxygen atoms in total. The summed E-state index contributed by atoms with van der Waals surface area (Å²) in [7, 11) is 0. The summed E-state index contributed by atoms with van der Waals surface area (Å²) < 4.78 is 0. The molecule has 0 radical (unpaired) electrons. The van der Waals surface area contributed by atoms with Gasteiger partial charge >= 0.3 is 0 Å². The van der Waals surface area contributed by atoms with Gasteiger partial charge < -0.3 is 10.6 Å². The normalized spacial score (nSPS) is 26.8. The Morgan fingerprint density at radius 3 is 1.49 bits per heavy atom. The van der Waals surface area contributed by atoms with Crippen molar-refractivity contribution < 1.29 is 19.2 Å². The van der Waals surface area contributed by atoms with Gasteiger partial charge in [-0.1, -0.05) is 48.5 Å². The van der Waals surface area contributed by atoms with Crippen LogP contribution in [-0.4, -0.2) is 35.1 Å². The monoisotopic (exact) mass is 533 g/mol. The molecule has 2 bridgehead atoms. The topological polar surface area (TPSA) is 95.6 Å². The standard InChI is InChI=1S/C28H21Cl2N3O4/c1-15(34)31-16-10-12-17(13-11-16)32-22(35)14-33-25(36)23-24(26(33)37)28(30)19-7-3-2-6-18(19)27(23,29)20-8-4-5-9-21(20)28/h2-13,23-24H,14H2,1H3,(H,31,34)(H,32,35)/t23-,24-,27?,28?/m0/s1. The first-order valence-electron chi connectivity index (χ1n) is 11.8. The molecule has 1 saturated heterocycles. The fourth-order valence-corrected chi connectivity index (χ4v) is 7.16. The lowest BCUT2D eigenvalue weighted by atomic mass is 9.54. The molecule has 0 saturated carbocycles. The predicted molar refractivity (Wildman–Crippen MR) is 139 cm³/mol. The average molecular weight is 534 g/mol. The number of hydrogen-bond acceptors (Lipinski definition) is 4. The number of imide groups is 1. The van der Waals surface area contributed by atoms with Gasteiger partial charge in [0, 0.05) is 18.3 Å². The Bertz CT molecular complexity index is 1380. The third-order valence-electron chi connectivity index (χ3n) is 7.47. The van der Waals surface area contributed by atoms with Crippen molar-refractivity contribution >= 4 is 58.2 Å². The Morgan fingerprint density at radius 2 is 1.11 bits per heavy atom. The largest absolute Gasteiger partial charge is 0.326 e. The van der Waals surface area contributed by atoms with E-state index in [1.54, 1.807) is 24.3 Å². The SMILES string of the molecule is CC(=O)Nc1ccc(NC(=O)CN2C(=O)[C@@H]3[C@@H](C2=O)C2(Cl)c4ccccc4C3(Cl)c3ccccc32)cc1. The number of nitrogens with zero attached hydrogens (tertiary/aromatic N) is 1. The summed E-state index contributed by atoms with van der Waals surface area (Å²) >= 11 is 14.8. The molecule has 1 heterocycles. The van der Waals surface area contributed by atoms with Gasteiger partial charge in [0.05, 0.1) is 11.8 Å². The number of anilines is 2. The first-order valence-corrected chi connectivity index (χ1v) is 12.5. The Hall–Kier alpha value is -3.68. The highest BCUT2D eigenvalue weighted by atomic mass is 35.5. The fourth-order valence-electron chi connectivity index (χ4n) is 6.06. The number of hydrogen-bond donors (Lipinski definition) is 2. The van der Waals surface area contributed by atoms with Gasteiger partial charge in [0.2, 0.25) is 23.6 Å². The number of rotatable bonds is 4. The van der Waals surface area contributed by atoms with Crippen molar-refractivity contribution in [1.82, 2.24) is 4.90 Å². The summed E-state index contributed by atoms with van der Waals surface area (Å²) in [6, 6.07) is 21.3. The molecule has 9 heteroatoms. The first-order chi connectivity index (χ1) is 17.7. The molecular formula is C28H21Cl2N3O4. The summed E-state index contributed by atoms with van der Waals surface area (Å²) in [5.74, 6) is -3.69. The van der Waals surface area contributed by atoms with Crippen LogP contribution in [0.15, 0.2) is 72.8 Å². The van der Waals surface area contributed by atoms with Crippen LogP contribution < -0.4 is 10.6 Å². The van der Waals surface area contributed by atoms with Gasteiger partial charge in [-0.25, -0.2) is 0 Å². The van der Waals surface area contributed by atoms with Crippen LogP contribution in [0, 0.1) is 11.8 Å². The van der Waals surface area contributed by atoms with Crippen LogP contribution in [0.2, 0.25) is 0 Å². The van der Waals surface area contributed by atoms with Crippen molar-refractivity contribution in [3.63, 3.8) is 0 Å². The highest BCUT2D eigenvalue weighted by molar-refractivity contribution is 6.36. The second kappa shape index (κ2) is 8.16. The van der Waals surface area contributed by atoms with Gasteiger partial charge in [0.25, 0.3) is 0 Å². The van der Waals surface area contributed by atoms with Gasteiger partial charge in [0.15, 0.2) is 0 Å². The minimum atomic E-state index is -1.29. The second-order valence-electron chi connectivity index (χ2n) is 9.54. The predicted octanol–water partition coefficient (Wildman–Crippen LogP) is 4.18. The number of alkyl halides is 2. The van der Waals surface area contributed by atoms with Gasteiger partial charge in [-0.05, 0) is 46.5 Å². The van der Waals surface area contributed by atoms with E-state index in [0.717, 1.165) is 4.90 Å².